The number of fused-ring (bicyclic) bond motifs is 7. The van der Waals surface area contributed by atoms with Crippen molar-refractivity contribution < 1.29 is 0 Å². The Labute approximate surface area is 121 Å². The highest BCUT2D eigenvalue weighted by molar-refractivity contribution is 6.21. The average molecular weight is 267 g/mol. The number of H-pyrrole nitrogens is 1. The lowest BCUT2D eigenvalue weighted by Crippen LogP contribution is -1.79. The third-order valence-corrected chi connectivity index (χ3v) is 4.40. The van der Waals surface area contributed by atoms with Gasteiger partial charge in [0, 0.05) is 21.7 Å². The summed E-state index contributed by atoms with van der Waals surface area (Å²) in [4.78, 5) is 3.59. The Morgan fingerprint density at radius 3 is 2.10 bits per heavy atom. The van der Waals surface area contributed by atoms with Crippen molar-refractivity contribution in [1.82, 2.24) is 4.98 Å². The quantitative estimate of drug-likeness (QED) is 0.350. The van der Waals surface area contributed by atoms with Crippen LogP contribution in [-0.4, -0.2) is 4.98 Å². The summed E-state index contributed by atoms with van der Waals surface area (Å²) in [6.07, 6.45) is 0. The van der Waals surface area contributed by atoms with Gasteiger partial charge in [-0.15, -0.1) is 0 Å². The van der Waals surface area contributed by atoms with Crippen molar-refractivity contribution in [3.63, 3.8) is 0 Å². The molecule has 0 saturated carbocycles. The van der Waals surface area contributed by atoms with Crippen LogP contribution in [0.15, 0.2) is 72.8 Å². The smallest absolute Gasteiger partial charge is 0.0544 e. The average Bonchev–Trinajstić information content (AvgIpc) is 2.93. The highest BCUT2D eigenvalue weighted by Crippen LogP contribution is 2.34. The van der Waals surface area contributed by atoms with E-state index in [1.165, 1.54) is 43.4 Å². The Bertz CT molecular complexity index is 1130. The summed E-state index contributed by atoms with van der Waals surface area (Å²) in [6.45, 7) is 0. The molecule has 0 radical (unpaired) electrons. The predicted octanol–water partition coefficient (Wildman–Crippen LogP) is 5.63. The minimum absolute atomic E-state index is 1.20. The van der Waals surface area contributed by atoms with E-state index in [-0.39, 0.29) is 0 Å². The third kappa shape index (κ3) is 1.40. The van der Waals surface area contributed by atoms with E-state index in [0.717, 1.165) is 0 Å². The zero-order chi connectivity index (χ0) is 13.8. The first kappa shape index (κ1) is 10.9. The van der Waals surface area contributed by atoms with Gasteiger partial charge < -0.3 is 4.98 Å². The van der Waals surface area contributed by atoms with Gasteiger partial charge in [0.25, 0.3) is 0 Å². The lowest BCUT2D eigenvalue weighted by molar-refractivity contribution is 1.56. The molecule has 0 unspecified atom stereocenters. The molecular formula is C20H13N. The predicted molar refractivity (Wildman–Crippen MR) is 90.8 cm³/mol. The minimum atomic E-state index is 1.20. The molecule has 1 N–H and O–H groups in total. The van der Waals surface area contributed by atoms with Crippen molar-refractivity contribution in [1.29, 1.82) is 0 Å². The monoisotopic (exact) mass is 267 g/mol. The standard InChI is InChI=1S/C20H13N/c1-2-6-14-13(5-1)9-10-17-15(14)11-12-18-16-7-3-4-8-19(16)21-20(17)18/h1-12,21H. The summed E-state index contributed by atoms with van der Waals surface area (Å²) in [7, 11) is 0. The van der Waals surface area contributed by atoms with E-state index >= 15 is 0 Å². The molecule has 0 bridgehead atoms. The molecule has 98 valence electrons. The molecule has 0 aliphatic rings. The van der Waals surface area contributed by atoms with Gasteiger partial charge >= 0.3 is 0 Å². The molecule has 0 fully saturated rings. The summed E-state index contributed by atoms with van der Waals surface area (Å²) >= 11 is 0. The molecule has 4 aromatic carbocycles. The first-order valence-corrected chi connectivity index (χ1v) is 7.23. The Balaban J connectivity index is 2.07. The number of aromatic nitrogens is 1. The number of hydrogen-bond donors (Lipinski definition) is 1. The van der Waals surface area contributed by atoms with Crippen LogP contribution in [0.2, 0.25) is 0 Å². The highest BCUT2D eigenvalue weighted by atomic mass is 14.7. The van der Waals surface area contributed by atoms with Gasteiger partial charge in [0.1, 0.15) is 0 Å². The van der Waals surface area contributed by atoms with Crippen LogP contribution in [0.5, 0.6) is 0 Å². The molecule has 1 heteroatoms. The van der Waals surface area contributed by atoms with Gasteiger partial charge in [-0.05, 0) is 22.2 Å². The fourth-order valence-electron chi connectivity index (χ4n) is 3.41. The van der Waals surface area contributed by atoms with Gasteiger partial charge in [0.05, 0.1) is 5.52 Å². The van der Waals surface area contributed by atoms with Crippen molar-refractivity contribution in [2.45, 2.75) is 0 Å². The van der Waals surface area contributed by atoms with Crippen LogP contribution >= 0.6 is 0 Å². The molecule has 1 nitrogen and oxygen atoms in total. The maximum atomic E-state index is 3.59. The van der Waals surface area contributed by atoms with Gasteiger partial charge in [-0.2, -0.15) is 0 Å². The zero-order valence-corrected chi connectivity index (χ0v) is 11.4. The third-order valence-electron chi connectivity index (χ3n) is 4.40. The number of hydrogen-bond acceptors (Lipinski definition) is 0. The van der Waals surface area contributed by atoms with E-state index in [4.69, 9.17) is 0 Å². The van der Waals surface area contributed by atoms with E-state index in [2.05, 4.69) is 77.8 Å². The molecule has 0 aliphatic carbocycles. The summed E-state index contributed by atoms with van der Waals surface area (Å²) in [5, 5.41) is 7.81. The molecule has 0 amide bonds. The largest absolute Gasteiger partial charge is 0.354 e. The van der Waals surface area contributed by atoms with Gasteiger partial charge in [0.15, 0.2) is 0 Å². The molecule has 21 heavy (non-hydrogen) atoms. The van der Waals surface area contributed by atoms with Crippen molar-refractivity contribution in [3.05, 3.63) is 72.8 Å². The maximum absolute atomic E-state index is 3.59. The molecule has 5 aromatic rings. The fourth-order valence-corrected chi connectivity index (χ4v) is 3.41. The van der Waals surface area contributed by atoms with Crippen LogP contribution in [-0.2, 0) is 0 Å². The molecule has 1 heterocycles. The number of benzene rings is 4. The Morgan fingerprint density at radius 2 is 1.14 bits per heavy atom. The zero-order valence-electron chi connectivity index (χ0n) is 11.4. The first-order chi connectivity index (χ1) is 10.4. The van der Waals surface area contributed by atoms with Gasteiger partial charge in [-0.1, -0.05) is 66.7 Å². The van der Waals surface area contributed by atoms with Crippen molar-refractivity contribution in [2.75, 3.05) is 0 Å². The van der Waals surface area contributed by atoms with Crippen LogP contribution < -0.4 is 0 Å². The van der Waals surface area contributed by atoms with Gasteiger partial charge in [0.2, 0.25) is 0 Å². The number of rotatable bonds is 0. The first-order valence-electron chi connectivity index (χ1n) is 7.23. The highest BCUT2D eigenvalue weighted by Gasteiger charge is 2.08. The molecule has 1 aromatic heterocycles. The number of aromatic amines is 1. The fraction of sp³-hybridized carbons (Fsp3) is 0. The van der Waals surface area contributed by atoms with Crippen molar-refractivity contribution >= 4 is 43.4 Å². The SMILES string of the molecule is c1ccc2c(c1)ccc1c2ccc2c3ccccc3[nH]c21. The van der Waals surface area contributed by atoms with Crippen LogP contribution in [0.4, 0.5) is 0 Å². The molecule has 0 saturated heterocycles. The normalized spacial score (nSPS) is 11.8. The van der Waals surface area contributed by atoms with Crippen LogP contribution in [0, 0.1) is 0 Å². The van der Waals surface area contributed by atoms with Crippen LogP contribution in [0.25, 0.3) is 43.4 Å². The van der Waals surface area contributed by atoms with Gasteiger partial charge in [-0.25, -0.2) is 0 Å². The molecule has 0 aliphatic heterocycles. The Kier molecular flexibility index (Phi) is 2.01. The second-order valence-electron chi connectivity index (χ2n) is 5.54. The van der Waals surface area contributed by atoms with E-state index in [0.29, 0.717) is 0 Å². The topological polar surface area (TPSA) is 15.8 Å². The van der Waals surface area contributed by atoms with E-state index in [1.54, 1.807) is 0 Å². The Morgan fingerprint density at radius 1 is 0.476 bits per heavy atom. The molecule has 0 spiro atoms. The summed E-state index contributed by atoms with van der Waals surface area (Å²) in [5.74, 6) is 0. The summed E-state index contributed by atoms with van der Waals surface area (Å²) in [6, 6.07) is 26.0. The second-order valence-corrected chi connectivity index (χ2v) is 5.54. The minimum Gasteiger partial charge on any atom is -0.354 e. The van der Waals surface area contributed by atoms with E-state index in [1.807, 2.05) is 0 Å². The lowest BCUT2D eigenvalue weighted by Gasteiger charge is -2.05. The number of para-hydroxylation sites is 1. The summed E-state index contributed by atoms with van der Waals surface area (Å²) < 4.78 is 0. The van der Waals surface area contributed by atoms with Crippen molar-refractivity contribution in [2.24, 2.45) is 0 Å². The van der Waals surface area contributed by atoms with Gasteiger partial charge in [-0.3, -0.25) is 0 Å². The number of nitrogens with one attached hydrogen (secondary N) is 1. The molecule has 5 rings (SSSR count). The van der Waals surface area contributed by atoms with Crippen molar-refractivity contribution in [3.8, 4) is 0 Å². The maximum Gasteiger partial charge on any atom is 0.0544 e. The Hall–Kier alpha value is -2.80. The molecule has 0 atom stereocenters. The van der Waals surface area contributed by atoms with Crippen LogP contribution in [0.1, 0.15) is 0 Å². The lowest BCUT2D eigenvalue weighted by atomic mass is 10.00. The van der Waals surface area contributed by atoms with E-state index in [9.17, 15) is 0 Å². The van der Waals surface area contributed by atoms with E-state index < -0.39 is 0 Å². The second kappa shape index (κ2) is 3.86. The molecular weight excluding hydrogens is 254 g/mol. The van der Waals surface area contributed by atoms with Crippen LogP contribution in [0.3, 0.4) is 0 Å². The summed E-state index contributed by atoms with van der Waals surface area (Å²) in [5.41, 5.74) is 2.44.